The van der Waals surface area contributed by atoms with Crippen LogP contribution in [-0.4, -0.2) is 34.5 Å². The Morgan fingerprint density at radius 1 is 1.26 bits per heavy atom. The van der Waals surface area contributed by atoms with Crippen LogP contribution in [0.15, 0.2) is 16.5 Å². The molecule has 0 aliphatic heterocycles. The smallest absolute Gasteiger partial charge is 0.329 e. The molecular weight excluding hydrogens is 246 g/mol. The summed E-state index contributed by atoms with van der Waals surface area (Å²) in [6, 6.07) is 3.29. The third-order valence-electron chi connectivity index (χ3n) is 3.98. The summed E-state index contributed by atoms with van der Waals surface area (Å²) in [5.74, 6) is -0.445. The van der Waals surface area contributed by atoms with Crippen molar-refractivity contribution in [3.8, 4) is 0 Å². The van der Waals surface area contributed by atoms with Gasteiger partial charge in [0.05, 0.1) is 0 Å². The minimum absolute atomic E-state index is 0.200. The molecule has 5 nitrogen and oxygen atoms in total. The lowest BCUT2D eigenvalue weighted by molar-refractivity contribution is -0.151. The number of nitrogens with zero attached hydrogens (tertiary/aromatic N) is 1. The molecule has 0 unspecified atom stereocenters. The summed E-state index contributed by atoms with van der Waals surface area (Å²) in [4.78, 5) is 25.3. The Labute approximate surface area is 112 Å². The highest BCUT2D eigenvalue weighted by molar-refractivity contribution is 5.95. The zero-order valence-corrected chi connectivity index (χ0v) is 11.3. The van der Waals surface area contributed by atoms with Crippen LogP contribution in [0.25, 0.3) is 0 Å². The standard InChI is InChI=1S/C14H19NO4/c1-10-6-7-11(19-10)12(16)15(2)14(13(17)18)8-4-3-5-9-14/h6-7H,3-5,8-9H2,1-2H3,(H,17,18). The molecule has 1 saturated carbocycles. The Balaban J connectivity index is 2.27. The maximum absolute atomic E-state index is 12.3. The van der Waals surface area contributed by atoms with Crippen molar-refractivity contribution in [2.45, 2.75) is 44.6 Å². The second-order valence-electron chi connectivity index (χ2n) is 5.17. The molecule has 1 aromatic heterocycles. The number of aryl methyl sites for hydroxylation is 1. The van der Waals surface area contributed by atoms with Crippen LogP contribution in [0.3, 0.4) is 0 Å². The molecule has 1 N–H and O–H groups in total. The van der Waals surface area contributed by atoms with E-state index in [9.17, 15) is 14.7 Å². The van der Waals surface area contributed by atoms with Crippen molar-refractivity contribution >= 4 is 11.9 Å². The SMILES string of the molecule is Cc1ccc(C(=O)N(C)C2(C(=O)O)CCCCC2)o1. The first-order valence-electron chi connectivity index (χ1n) is 6.55. The molecule has 2 rings (SSSR count). The summed E-state index contributed by atoms with van der Waals surface area (Å²) in [6.07, 6.45) is 3.70. The quantitative estimate of drug-likeness (QED) is 0.911. The van der Waals surface area contributed by atoms with E-state index >= 15 is 0 Å². The molecule has 1 aromatic rings. The number of carboxylic acids is 1. The van der Waals surface area contributed by atoms with Gasteiger partial charge >= 0.3 is 5.97 Å². The molecule has 19 heavy (non-hydrogen) atoms. The molecule has 0 aromatic carbocycles. The first-order chi connectivity index (χ1) is 8.97. The van der Waals surface area contributed by atoms with E-state index in [1.54, 1.807) is 26.1 Å². The van der Waals surface area contributed by atoms with Crippen LogP contribution < -0.4 is 0 Å². The van der Waals surface area contributed by atoms with Crippen molar-refractivity contribution in [1.29, 1.82) is 0 Å². The van der Waals surface area contributed by atoms with E-state index in [0.717, 1.165) is 19.3 Å². The third-order valence-corrected chi connectivity index (χ3v) is 3.98. The Morgan fingerprint density at radius 2 is 1.89 bits per heavy atom. The summed E-state index contributed by atoms with van der Waals surface area (Å²) in [7, 11) is 1.56. The predicted molar refractivity (Wildman–Crippen MR) is 69.0 cm³/mol. The van der Waals surface area contributed by atoms with Crippen molar-refractivity contribution in [2.75, 3.05) is 7.05 Å². The van der Waals surface area contributed by atoms with Crippen LogP contribution in [-0.2, 0) is 4.79 Å². The van der Waals surface area contributed by atoms with Crippen LogP contribution in [0.1, 0.15) is 48.4 Å². The highest BCUT2D eigenvalue weighted by atomic mass is 16.4. The van der Waals surface area contributed by atoms with Gasteiger partial charge in [0.1, 0.15) is 11.3 Å². The number of hydrogen-bond acceptors (Lipinski definition) is 3. The van der Waals surface area contributed by atoms with E-state index in [1.807, 2.05) is 0 Å². The number of amides is 1. The number of aliphatic carboxylic acids is 1. The zero-order chi connectivity index (χ0) is 14.0. The van der Waals surface area contributed by atoms with Crippen LogP contribution in [0.5, 0.6) is 0 Å². The van der Waals surface area contributed by atoms with Crippen molar-refractivity contribution < 1.29 is 19.1 Å². The van der Waals surface area contributed by atoms with Crippen LogP contribution in [0, 0.1) is 6.92 Å². The van der Waals surface area contributed by atoms with Crippen molar-refractivity contribution in [3.05, 3.63) is 23.7 Å². The normalized spacial score (nSPS) is 18.0. The summed E-state index contributed by atoms with van der Waals surface area (Å²) in [5, 5.41) is 9.54. The molecule has 1 fully saturated rings. The van der Waals surface area contributed by atoms with Crippen molar-refractivity contribution in [2.24, 2.45) is 0 Å². The molecule has 0 atom stereocenters. The third kappa shape index (κ3) is 2.37. The fourth-order valence-corrected chi connectivity index (χ4v) is 2.74. The fourth-order valence-electron chi connectivity index (χ4n) is 2.74. The number of carbonyl (C=O) groups is 2. The molecule has 0 radical (unpaired) electrons. The molecule has 1 heterocycles. The van der Waals surface area contributed by atoms with Gasteiger partial charge in [-0.25, -0.2) is 4.79 Å². The summed E-state index contributed by atoms with van der Waals surface area (Å²) in [5.41, 5.74) is -1.09. The van der Waals surface area contributed by atoms with Crippen LogP contribution in [0.2, 0.25) is 0 Å². The molecule has 1 aliphatic rings. The van der Waals surface area contributed by atoms with Gasteiger partial charge < -0.3 is 14.4 Å². The van der Waals surface area contributed by atoms with Crippen LogP contribution >= 0.6 is 0 Å². The van der Waals surface area contributed by atoms with Gasteiger partial charge in [0.25, 0.3) is 5.91 Å². The largest absolute Gasteiger partial charge is 0.479 e. The highest BCUT2D eigenvalue weighted by Crippen LogP contribution is 2.34. The van der Waals surface area contributed by atoms with Gasteiger partial charge in [0.2, 0.25) is 0 Å². The molecule has 5 heteroatoms. The van der Waals surface area contributed by atoms with E-state index in [1.165, 1.54) is 4.90 Å². The van der Waals surface area contributed by atoms with E-state index in [0.29, 0.717) is 18.6 Å². The molecule has 0 bridgehead atoms. The highest BCUT2D eigenvalue weighted by Gasteiger charge is 2.46. The molecule has 0 spiro atoms. The maximum atomic E-state index is 12.3. The van der Waals surface area contributed by atoms with E-state index in [2.05, 4.69) is 0 Å². The number of hydrogen-bond donors (Lipinski definition) is 1. The monoisotopic (exact) mass is 265 g/mol. The maximum Gasteiger partial charge on any atom is 0.329 e. The zero-order valence-electron chi connectivity index (χ0n) is 11.3. The molecule has 104 valence electrons. The Kier molecular flexibility index (Phi) is 3.64. The van der Waals surface area contributed by atoms with Gasteiger partial charge in [-0.15, -0.1) is 0 Å². The van der Waals surface area contributed by atoms with Gasteiger partial charge in [0.15, 0.2) is 5.76 Å². The van der Waals surface area contributed by atoms with Crippen molar-refractivity contribution in [3.63, 3.8) is 0 Å². The number of rotatable bonds is 3. The first kappa shape index (κ1) is 13.6. The summed E-state index contributed by atoms with van der Waals surface area (Å²) in [6.45, 7) is 1.75. The lowest BCUT2D eigenvalue weighted by Gasteiger charge is -2.40. The average Bonchev–Trinajstić information content (AvgIpc) is 2.84. The first-order valence-corrected chi connectivity index (χ1v) is 6.55. The Bertz CT molecular complexity index is 485. The van der Waals surface area contributed by atoms with Gasteiger partial charge in [-0.1, -0.05) is 19.3 Å². The van der Waals surface area contributed by atoms with E-state index < -0.39 is 11.5 Å². The van der Waals surface area contributed by atoms with E-state index in [4.69, 9.17) is 4.42 Å². The van der Waals surface area contributed by atoms with Gasteiger partial charge in [-0.05, 0) is 31.9 Å². The Morgan fingerprint density at radius 3 is 2.37 bits per heavy atom. The topological polar surface area (TPSA) is 70.8 Å². The van der Waals surface area contributed by atoms with Crippen LogP contribution in [0.4, 0.5) is 0 Å². The second-order valence-corrected chi connectivity index (χ2v) is 5.17. The molecule has 1 amide bonds. The fraction of sp³-hybridized carbons (Fsp3) is 0.571. The lowest BCUT2D eigenvalue weighted by Crippen LogP contribution is -2.56. The summed E-state index contributed by atoms with van der Waals surface area (Å²) < 4.78 is 5.30. The van der Waals surface area contributed by atoms with Gasteiger partial charge in [-0.2, -0.15) is 0 Å². The number of likely N-dealkylation sites (N-methyl/N-ethyl adjacent to an activating group) is 1. The molecule has 1 aliphatic carbocycles. The van der Waals surface area contributed by atoms with E-state index in [-0.39, 0.29) is 11.7 Å². The predicted octanol–water partition coefficient (Wildman–Crippen LogP) is 2.45. The van der Waals surface area contributed by atoms with Gasteiger partial charge in [0, 0.05) is 7.05 Å². The second kappa shape index (κ2) is 5.07. The average molecular weight is 265 g/mol. The molecular formula is C14H19NO4. The lowest BCUT2D eigenvalue weighted by atomic mass is 9.80. The Hall–Kier alpha value is -1.78. The number of carbonyl (C=O) groups excluding carboxylic acids is 1. The summed E-state index contributed by atoms with van der Waals surface area (Å²) >= 11 is 0. The minimum atomic E-state index is -1.09. The van der Waals surface area contributed by atoms with Gasteiger partial charge in [-0.3, -0.25) is 4.79 Å². The number of furan rings is 1. The number of carboxylic acid groups (broad SMARTS) is 1. The van der Waals surface area contributed by atoms with Crippen molar-refractivity contribution in [1.82, 2.24) is 4.90 Å². The minimum Gasteiger partial charge on any atom is -0.479 e. The molecule has 0 saturated heterocycles.